The van der Waals surface area contributed by atoms with E-state index in [1.807, 2.05) is 5.38 Å². The molecule has 0 aliphatic carbocycles. The van der Waals surface area contributed by atoms with Crippen molar-refractivity contribution in [2.75, 3.05) is 6.54 Å². The van der Waals surface area contributed by atoms with Crippen molar-refractivity contribution in [1.29, 1.82) is 0 Å². The second kappa shape index (κ2) is 5.12. The molecule has 94 valence electrons. The first-order valence-electron chi connectivity index (χ1n) is 6.10. The summed E-state index contributed by atoms with van der Waals surface area (Å²) < 4.78 is 13.1. The lowest BCUT2D eigenvalue weighted by Gasteiger charge is -2.06. The molecule has 2 aromatic heterocycles. The lowest BCUT2D eigenvalue weighted by Crippen LogP contribution is -2.23. The molecule has 1 aliphatic heterocycles. The van der Waals surface area contributed by atoms with Gasteiger partial charge in [0.2, 0.25) is 0 Å². The zero-order valence-electron chi connectivity index (χ0n) is 9.90. The zero-order valence-corrected chi connectivity index (χ0v) is 10.7. The first-order valence-corrected chi connectivity index (χ1v) is 6.98. The molecule has 0 amide bonds. The third-order valence-corrected chi connectivity index (χ3v) is 4.01. The van der Waals surface area contributed by atoms with Gasteiger partial charge in [-0.3, -0.25) is 4.98 Å². The predicted octanol–water partition coefficient (Wildman–Crippen LogP) is 2.64. The highest BCUT2D eigenvalue weighted by molar-refractivity contribution is 7.09. The Morgan fingerprint density at radius 1 is 1.44 bits per heavy atom. The number of aromatic nitrogens is 2. The van der Waals surface area contributed by atoms with E-state index in [1.165, 1.54) is 25.1 Å². The van der Waals surface area contributed by atoms with E-state index < -0.39 is 0 Å². The third-order valence-electron chi connectivity index (χ3n) is 3.14. The lowest BCUT2D eigenvalue weighted by molar-refractivity contribution is 0.601. The maximum absolute atomic E-state index is 13.1. The molecular weight excluding hydrogens is 249 g/mol. The van der Waals surface area contributed by atoms with Crippen LogP contribution in [0.5, 0.6) is 0 Å². The van der Waals surface area contributed by atoms with Crippen LogP contribution in [0.15, 0.2) is 23.8 Å². The van der Waals surface area contributed by atoms with Crippen molar-refractivity contribution in [3.8, 4) is 11.3 Å². The topological polar surface area (TPSA) is 37.8 Å². The molecule has 3 heterocycles. The first kappa shape index (κ1) is 11.7. The van der Waals surface area contributed by atoms with Gasteiger partial charge >= 0.3 is 0 Å². The molecule has 1 unspecified atom stereocenters. The molecule has 1 atom stereocenters. The summed E-state index contributed by atoms with van der Waals surface area (Å²) in [4.78, 5) is 8.41. The Kier molecular flexibility index (Phi) is 3.34. The van der Waals surface area contributed by atoms with E-state index in [0.717, 1.165) is 29.2 Å². The van der Waals surface area contributed by atoms with Gasteiger partial charge in [0.15, 0.2) is 0 Å². The fraction of sp³-hybridized carbons (Fsp3) is 0.385. The highest BCUT2D eigenvalue weighted by Crippen LogP contribution is 2.23. The summed E-state index contributed by atoms with van der Waals surface area (Å²) in [6.45, 7) is 1.11. The molecule has 1 fully saturated rings. The van der Waals surface area contributed by atoms with Crippen LogP contribution in [-0.4, -0.2) is 22.6 Å². The number of hydrogen-bond acceptors (Lipinski definition) is 4. The summed E-state index contributed by atoms with van der Waals surface area (Å²) in [5, 5.41) is 6.54. The normalized spacial score (nSPS) is 19.3. The summed E-state index contributed by atoms with van der Waals surface area (Å²) in [5.74, 6) is -0.320. The molecule has 0 saturated carbocycles. The van der Waals surface area contributed by atoms with Crippen LogP contribution in [0, 0.1) is 5.82 Å². The van der Waals surface area contributed by atoms with Crippen molar-refractivity contribution in [3.05, 3.63) is 34.7 Å². The van der Waals surface area contributed by atoms with Crippen molar-refractivity contribution >= 4 is 11.3 Å². The predicted molar refractivity (Wildman–Crippen MR) is 70.0 cm³/mol. The van der Waals surface area contributed by atoms with Gasteiger partial charge in [0.1, 0.15) is 5.82 Å². The van der Waals surface area contributed by atoms with Gasteiger partial charge in [0.25, 0.3) is 0 Å². The van der Waals surface area contributed by atoms with Crippen LogP contribution >= 0.6 is 11.3 Å². The standard InChI is InChI=1S/C13H14FN3S/c14-10-4-9(6-15-7-10)12-8-18-13(17-12)5-11-2-1-3-16-11/h4,6-8,11,16H,1-3,5H2. The molecule has 0 aromatic carbocycles. The largest absolute Gasteiger partial charge is 0.314 e. The summed E-state index contributed by atoms with van der Waals surface area (Å²) in [6.07, 6.45) is 6.29. The molecule has 0 spiro atoms. The smallest absolute Gasteiger partial charge is 0.142 e. The van der Waals surface area contributed by atoms with Crippen LogP contribution < -0.4 is 5.32 Å². The van der Waals surface area contributed by atoms with Crippen LogP contribution in [0.1, 0.15) is 17.8 Å². The van der Waals surface area contributed by atoms with Gasteiger partial charge in [0, 0.05) is 29.6 Å². The Morgan fingerprint density at radius 3 is 3.17 bits per heavy atom. The monoisotopic (exact) mass is 263 g/mol. The molecule has 0 radical (unpaired) electrons. The third kappa shape index (κ3) is 2.57. The van der Waals surface area contributed by atoms with Crippen LogP contribution in [0.2, 0.25) is 0 Å². The first-order chi connectivity index (χ1) is 8.81. The van der Waals surface area contributed by atoms with E-state index in [1.54, 1.807) is 17.5 Å². The molecule has 5 heteroatoms. The minimum Gasteiger partial charge on any atom is -0.314 e. The van der Waals surface area contributed by atoms with Crippen molar-refractivity contribution in [3.63, 3.8) is 0 Å². The average Bonchev–Trinajstić information content (AvgIpc) is 3.01. The second-order valence-electron chi connectivity index (χ2n) is 4.52. The molecule has 3 nitrogen and oxygen atoms in total. The number of halogens is 1. The maximum Gasteiger partial charge on any atom is 0.142 e. The van der Waals surface area contributed by atoms with Gasteiger partial charge in [-0.25, -0.2) is 9.37 Å². The quantitative estimate of drug-likeness (QED) is 0.925. The molecule has 0 bridgehead atoms. The van der Waals surface area contributed by atoms with Crippen molar-refractivity contribution < 1.29 is 4.39 Å². The maximum atomic E-state index is 13.1. The number of nitrogens with one attached hydrogen (secondary N) is 1. The Labute approximate surface area is 109 Å². The van der Waals surface area contributed by atoms with Crippen LogP contribution in [0.25, 0.3) is 11.3 Å². The van der Waals surface area contributed by atoms with Gasteiger partial charge < -0.3 is 5.32 Å². The van der Waals surface area contributed by atoms with Crippen LogP contribution in [0.4, 0.5) is 4.39 Å². The van der Waals surface area contributed by atoms with E-state index in [2.05, 4.69) is 15.3 Å². The molecule has 18 heavy (non-hydrogen) atoms. The van der Waals surface area contributed by atoms with Gasteiger partial charge in [-0.1, -0.05) is 0 Å². The summed E-state index contributed by atoms with van der Waals surface area (Å²) in [6, 6.07) is 2.02. The molecule has 3 rings (SSSR count). The highest BCUT2D eigenvalue weighted by Gasteiger charge is 2.16. The number of pyridine rings is 1. The Balaban J connectivity index is 1.76. The van der Waals surface area contributed by atoms with Crippen molar-refractivity contribution in [1.82, 2.24) is 15.3 Å². The van der Waals surface area contributed by atoms with Gasteiger partial charge in [-0.15, -0.1) is 11.3 Å². The summed E-state index contributed by atoms with van der Waals surface area (Å²) in [5.41, 5.74) is 1.57. The van der Waals surface area contributed by atoms with Crippen LogP contribution in [-0.2, 0) is 6.42 Å². The van der Waals surface area contributed by atoms with E-state index in [0.29, 0.717) is 6.04 Å². The second-order valence-corrected chi connectivity index (χ2v) is 5.46. The fourth-order valence-corrected chi connectivity index (χ4v) is 3.12. The number of rotatable bonds is 3. The fourth-order valence-electron chi connectivity index (χ4n) is 2.23. The summed E-state index contributed by atoms with van der Waals surface area (Å²) in [7, 11) is 0. The van der Waals surface area contributed by atoms with E-state index in [9.17, 15) is 4.39 Å². The minimum atomic E-state index is -0.320. The molecular formula is C13H14FN3S. The van der Waals surface area contributed by atoms with E-state index >= 15 is 0 Å². The summed E-state index contributed by atoms with van der Waals surface area (Å²) >= 11 is 1.64. The Morgan fingerprint density at radius 2 is 2.39 bits per heavy atom. The Bertz CT molecular complexity index is 535. The van der Waals surface area contributed by atoms with Gasteiger partial charge in [-0.2, -0.15) is 0 Å². The minimum absolute atomic E-state index is 0.320. The zero-order chi connectivity index (χ0) is 12.4. The van der Waals surface area contributed by atoms with E-state index in [4.69, 9.17) is 0 Å². The van der Waals surface area contributed by atoms with Crippen molar-refractivity contribution in [2.24, 2.45) is 0 Å². The highest BCUT2D eigenvalue weighted by atomic mass is 32.1. The Hall–Kier alpha value is -1.33. The number of hydrogen-bond donors (Lipinski definition) is 1. The van der Waals surface area contributed by atoms with E-state index in [-0.39, 0.29) is 5.82 Å². The van der Waals surface area contributed by atoms with Gasteiger partial charge in [0.05, 0.1) is 16.9 Å². The molecule has 1 saturated heterocycles. The SMILES string of the molecule is Fc1cncc(-c2csc(CC3CCCN3)n2)c1. The van der Waals surface area contributed by atoms with Crippen molar-refractivity contribution in [2.45, 2.75) is 25.3 Å². The molecule has 2 aromatic rings. The number of thiazole rings is 1. The molecule has 1 N–H and O–H groups in total. The lowest BCUT2D eigenvalue weighted by atomic mass is 10.2. The average molecular weight is 263 g/mol. The molecule has 1 aliphatic rings. The van der Waals surface area contributed by atoms with Crippen LogP contribution in [0.3, 0.4) is 0 Å². The van der Waals surface area contributed by atoms with Gasteiger partial charge in [-0.05, 0) is 25.5 Å². The number of nitrogens with zero attached hydrogens (tertiary/aromatic N) is 2.